The first kappa shape index (κ1) is 18.6. The number of benzene rings is 1. The number of nitrogens with one attached hydrogen (secondary N) is 2. The monoisotopic (exact) mass is 358 g/mol. The predicted molar refractivity (Wildman–Crippen MR) is 99.5 cm³/mol. The fraction of sp³-hybridized carbons (Fsp3) is 0.500. The third-order valence-electron chi connectivity index (χ3n) is 5.35. The lowest BCUT2D eigenvalue weighted by Gasteiger charge is -2.39. The van der Waals surface area contributed by atoms with Crippen molar-refractivity contribution in [1.82, 2.24) is 20.4 Å². The lowest BCUT2D eigenvalue weighted by molar-refractivity contribution is -0.122. The van der Waals surface area contributed by atoms with Crippen LogP contribution in [0.4, 0.5) is 4.39 Å². The van der Waals surface area contributed by atoms with Crippen LogP contribution in [0.3, 0.4) is 0 Å². The molecule has 0 radical (unpaired) electrons. The van der Waals surface area contributed by atoms with Gasteiger partial charge in [-0.25, -0.2) is 4.39 Å². The number of aromatic nitrogens is 2. The lowest BCUT2D eigenvalue weighted by atomic mass is 9.91. The average Bonchev–Trinajstić information content (AvgIpc) is 2.90. The molecular weight excluding hydrogens is 331 g/mol. The number of piperidine rings is 1. The van der Waals surface area contributed by atoms with Crippen LogP contribution in [-0.4, -0.2) is 46.7 Å². The molecule has 1 aliphatic heterocycles. The first-order chi connectivity index (χ1) is 12.4. The van der Waals surface area contributed by atoms with Crippen LogP contribution >= 0.6 is 0 Å². The predicted octanol–water partition coefficient (Wildman–Crippen LogP) is 2.53. The number of aromatic amines is 1. The highest BCUT2D eigenvalue weighted by molar-refractivity contribution is 5.79. The number of amides is 1. The summed E-state index contributed by atoms with van der Waals surface area (Å²) in [4.78, 5) is 14.9. The van der Waals surface area contributed by atoms with Crippen molar-refractivity contribution < 1.29 is 9.18 Å². The van der Waals surface area contributed by atoms with Gasteiger partial charge in [0, 0.05) is 23.3 Å². The van der Waals surface area contributed by atoms with Crippen molar-refractivity contribution in [1.29, 1.82) is 0 Å². The zero-order valence-electron chi connectivity index (χ0n) is 15.7. The fourth-order valence-electron chi connectivity index (χ4n) is 3.85. The highest BCUT2D eigenvalue weighted by Crippen LogP contribution is 2.21. The van der Waals surface area contributed by atoms with Crippen molar-refractivity contribution in [2.75, 3.05) is 13.6 Å². The first-order valence-corrected chi connectivity index (χ1v) is 9.18. The summed E-state index contributed by atoms with van der Waals surface area (Å²) in [6.45, 7) is 4.84. The van der Waals surface area contributed by atoms with Gasteiger partial charge in [-0.3, -0.25) is 9.89 Å². The fourth-order valence-corrected chi connectivity index (χ4v) is 3.85. The van der Waals surface area contributed by atoms with Crippen molar-refractivity contribution >= 4 is 5.91 Å². The Balaban J connectivity index is 1.68. The van der Waals surface area contributed by atoms with E-state index in [0.29, 0.717) is 6.42 Å². The molecule has 2 heterocycles. The molecule has 2 aromatic rings. The van der Waals surface area contributed by atoms with E-state index in [4.69, 9.17) is 0 Å². The largest absolute Gasteiger partial charge is 0.351 e. The molecule has 1 saturated heterocycles. The molecule has 26 heavy (non-hydrogen) atoms. The summed E-state index contributed by atoms with van der Waals surface area (Å²) >= 11 is 0. The van der Waals surface area contributed by atoms with Crippen LogP contribution in [0.2, 0.25) is 0 Å². The Morgan fingerprint density at radius 3 is 2.92 bits per heavy atom. The van der Waals surface area contributed by atoms with E-state index in [-0.39, 0.29) is 23.8 Å². The molecule has 0 unspecified atom stereocenters. The summed E-state index contributed by atoms with van der Waals surface area (Å²) in [5.41, 5.74) is 3.74. The van der Waals surface area contributed by atoms with Crippen LogP contribution in [-0.2, 0) is 17.6 Å². The minimum absolute atomic E-state index is 0.0159. The molecule has 1 aromatic carbocycles. The number of halogens is 1. The van der Waals surface area contributed by atoms with Crippen LogP contribution in [0.25, 0.3) is 0 Å². The molecule has 6 heteroatoms. The highest BCUT2D eigenvalue weighted by atomic mass is 19.1. The molecule has 2 N–H and O–H groups in total. The molecule has 140 valence electrons. The molecule has 1 amide bonds. The van der Waals surface area contributed by atoms with Gasteiger partial charge in [0.25, 0.3) is 0 Å². The van der Waals surface area contributed by atoms with Gasteiger partial charge in [0.05, 0.1) is 12.1 Å². The maximum Gasteiger partial charge on any atom is 0.224 e. The van der Waals surface area contributed by atoms with E-state index in [9.17, 15) is 9.18 Å². The van der Waals surface area contributed by atoms with E-state index in [1.807, 2.05) is 19.9 Å². The number of carbonyl (C=O) groups excluding carboxylic acids is 1. The molecule has 1 aromatic heterocycles. The third-order valence-corrected chi connectivity index (χ3v) is 5.35. The number of likely N-dealkylation sites (tertiary alicyclic amines) is 1. The molecule has 0 aliphatic carbocycles. The van der Waals surface area contributed by atoms with Crippen LogP contribution < -0.4 is 5.32 Å². The van der Waals surface area contributed by atoms with Gasteiger partial charge in [0.1, 0.15) is 5.82 Å². The number of H-pyrrole nitrogens is 1. The van der Waals surface area contributed by atoms with Crippen LogP contribution in [0.15, 0.2) is 24.3 Å². The van der Waals surface area contributed by atoms with Gasteiger partial charge in [-0.05, 0) is 64.4 Å². The van der Waals surface area contributed by atoms with Crippen molar-refractivity contribution in [2.45, 2.75) is 51.6 Å². The zero-order valence-corrected chi connectivity index (χ0v) is 15.7. The van der Waals surface area contributed by atoms with Gasteiger partial charge in [0.15, 0.2) is 0 Å². The van der Waals surface area contributed by atoms with Crippen LogP contribution in [0, 0.1) is 19.7 Å². The Kier molecular flexibility index (Phi) is 5.71. The van der Waals surface area contributed by atoms with Crippen molar-refractivity contribution in [3.8, 4) is 0 Å². The molecule has 1 aliphatic rings. The number of rotatable bonds is 5. The zero-order chi connectivity index (χ0) is 18.7. The number of carbonyl (C=O) groups is 1. The van der Waals surface area contributed by atoms with Crippen molar-refractivity contribution in [2.24, 2.45) is 0 Å². The normalized spacial score (nSPS) is 20.9. The summed E-state index contributed by atoms with van der Waals surface area (Å²) in [5, 5.41) is 10.3. The standard InChI is InChI=1S/C20H27FN4O/c1-13-17(14(2)24-23-13)12-20(26)22-18-8-5-9-25(3)19(18)11-15-6-4-7-16(21)10-15/h4,6-7,10,18-19H,5,8-9,11-12H2,1-3H3,(H,22,26)(H,23,24)/t18-,19-/m0/s1. The first-order valence-electron chi connectivity index (χ1n) is 9.18. The second-order valence-electron chi connectivity index (χ2n) is 7.29. The average molecular weight is 358 g/mol. The number of aryl methyl sites for hydroxylation is 2. The lowest BCUT2D eigenvalue weighted by Crippen LogP contribution is -2.55. The maximum absolute atomic E-state index is 13.5. The third kappa shape index (κ3) is 4.30. The van der Waals surface area contributed by atoms with E-state index in [1.165, 1.54) is 6.07 Å². The molecule has 0 saturated carbocycles. The summed E-state index contributed by atoms with van der Waals surface area (Å²) in [7, 11) is 2.08. The van der Waals surface area contributed by atoms with Crippen LogP contribution in [0.5, 0.6) is 0 Å². The summed E-state index contributed by atoms with van der Waals surface area (Å²) in [5.74, 6) is -0.199. The Bertz CT molecular complexity index is 753. The molecule has 0 spiro atoms. The smallest absolute Gasteiger partial charge is 0.224 e. The molecule has 2 atom stereocenters. The van der Waals surface area contributed by atoms with E-state index >= 15 is 0 Å². The summed E-state index contributed by atoms with van der Waals surface area (Å²) in [6, 6.07) is 6.97. The van der Waals surface area contributed by atoms with Gasteiger partial charge in [-0.15, -0.1) is 0 Å². The SMILES string of the molecule is Cc1n[nH]c(C)c1CC(=O)N[C@H]1CCCN(C)[C@H]1Cc1cccc(F)c1. The van der Waals surface area contributed by atoms with Gasteiger partial charge < -0.3 is 10.2 Å². The van der Waals surface area contributed by atoms with Crippen molar-refractivity contribution in [3.05, 3.63) is 52.6 Å². The molecule has 0 bridgehead atoms. The van der Waals surface area contributed by atoms with Gasteiger partial charge in [0.2, 0.25) is 5.91 Å². The number of nitrogens with zero attached hydrogens (tertiary/aromatic N) is 2. The van der Waals surface area contributed by atoms with E-state index < -0.39 is 0 Å². The number of hydrogen-bond acceptors (Lipinski definition) is 3. The molecular formula is C20H27FN4O. The molecule has 1 fully saturated rings. The second kappa shape index (κ2) is 7.99. The highest BCUT2D eigenvalue weighted by Gasteiger charge is 2.30. The topological polar surface area (TPSA) is 61.0 Å². The van der Waals surface area contributed by atoms with Crippen molar-refractivity contribution in [3.63, 3.8) is 0 Å². The summed E-state index contributed by atoms with van der Waals surface area (Å²) < 4.78 is 13.5. The Hall–Kier alpha value is -2.21. The van der Waals surface area contributed by atoms with Gasteiger partial charge in [-0.2, -0.15) is 5.10 Å². The molecule has 3 rings (SSSR count). The molecule has 5 nitrogen and oxygen atoms in total. The van der Waals surface area contributed by atoms with E-state index in [2.05, 4.69) is 27.5 Å². The maximum atomic E-state index is 13.5. The Morgan fingerprint density at radius 1 is 1.42 bits per heavy atom. The quantitative estimate of drug-likeness (QED) is 0.863. The van der Waals surface area contributed by atoms with E-state index in [1.54, 1.807) is 12.1 Å². The number of likely N-dealkylation sites (N-methyl/N-ethyl adjacent to an activating group) is 1. The minimum Gasteiger partial charge on any atom is -0.351 e. The van der Waals surface area contributed by atoms with Crippen LogP contribution in [0.1, 0.15) is 35.4 Å². The van der Waals surface area contributed by atoms with Gasteiger partial charge in [-0.1, -0.05) is 12.1 Å². The van der Waals surface area contributed by atoms with E-state index in [0.717, 1.165) is 48.3 Å². The minimum atomic E-state index is -0.215. The Morgan fingerprint density at radius 2 is 2.23 bits per heavy atom. The van der Waals surface area contributed by atoms with Gasteiger partial charge >= 0.3 is 0 Å². The summed E-state index contributed by atoms with van der Waals surface area (Å²) in [6.07, 6.45) is 3.05. The second-order valence-corrected chi connectivity index (χ2v) is 7.29. The number of hydrogen-bond donors (Lipinski definition) is 2. The Labute approximate surface area is 154 Å².